The van der Waals surface area contributed by atoms with Crippen molar-refractivity contribution in [3.8, 4) is 0 Å². The number of hydrogen-bond donors (Lipinski definition) is 0. The third-order valence-corrected chi connectivity index (χ3v) is 5.38. The number of thioether (sulfide) groups is 1. The number of benzene rings is 1. The molecule has 0 spiro atoms. The van der Waals surface area contributed by atoms with Gasteiger partial charge >= 0.3 is 0 Å². The standard InChI is InChI=1S/C14H20S/c1-13(2)10-14(3,4)12(13)15-11-8-6-5-7-9-11/h5-9,12H,10H2,1-4H3. The highest BCUT2D eigenvalue weighted by molar-refractivity contribution is 8.00. The van der Waals surface area contributed by atoms with Gasteiger partial charge in [0.15, 0.2) is 0 Å². The van der Waals surface area contributed by atoms with Gasteiger partial charge in [-0.05, 0) is 29.4 Å². The summed E-state index contributed by atoms with van der Waals surface area (Å²) in [5.74, 6) is 0. The second kappa shape index (κ2) is 3.55. The molecule has 0 aromatic heterocycles. The van der Waals surface area contributed by atoms with E-state index in [9.17, 15) is 0 Å². The Balaban J connectivity index is 2.12. The van der Waals surface area contributed by atoms with Crippen LogP contribution >= 0.6 is 11.8 Å². The molecule has 1 heteroatoms. The molecule has 1 saturated carbocycles. The fourth-order valence-electron chi connectivity index (χ4n) is 3.24. The van der Waals surface area contributed by atoms with Gasteiger partial charge in [0, 0.05) is 10.1 Å². The van der Waals surface area contributed by atoms with Crippen molar-refractivity contribution in [2.75, 3.05) is 0 Å². The van der Waals surface area contributed by atoms with Gasteiger partial charge < -0.3 is 0 Å². The Labute approximate surface area is 97.5 Å². The summed E-state index contributed by atoms with van der Waals surface area (Å²) in [4.78, 5) is 1.41. The maximum absolute atomic E-state index is 2.39. The van der Waals surface area contributed by atoms with E-state index < -0.39 is 0 Å². The van der Waals surface area contributed by atoms with Gasteiger partial charge in [0.2, 0.25) is 0 Å². The maximum Gasteiger partial charge on any atom is 0.0197 e. The summed E-state index contributed by atoms with van der Waals surface area (Å²) >= 11 is 2.04. The molecule has 0 atom stereocenters. The van der Waals surface area contributed by atoms with E-state index >= 15 is 0 Å². The predicted molar refractivity (Wildman–Crippen MR) is 68.3 cm³/mol. The van der Waals surface area contributed by atoms with Gasteiger partial charge in [0.1, 0.15) is 0 Å². The van der Waals surface area contributed by atoms with Crippen LogP contribution in [0.5, 0.6) is 0 Å². The van der Waals surface area contributed by atoms with Crippen LogP contribution in [0.25, 0.3) is 0 Å². The Morgan fingerprint density at radius 1 is 1.00 bits per heavy atom. The molecule has 15 heavy (non-hydrogen) atoms. The number of hydrogen-bond acceptors (Lipinski definition) is 1. The molecule has 1 aliphatic rings. The van der Waals surface area contributed by atoms with Crippen molar-refractivity contribution in [1.82, 2.24) is 0 Å². The van der Waals surface area contributed by atoms with E-state index in [4.69, 9.17) is 0 Å². The lowest BCUT2D eigenvalue weighted by atomic mass is 9.56. The monoisotopic (exact) mass is 220 g/mol. The highest BCUT2D eigenvalue weighted by atomic mass is 32.2. The minimum Gasteiger partial charge on any atom is -0.122 e. The average Bonchev–Trinajstić information content (AvgIpc) is 2.14. The van der Waals surface area contributed by atoms with Gasteiger partial charge in [0.25, 0.3) is 0 Å². The van der Waals surface area contributed by atoms with E-state index in [1.165, 1.54) is 11.3 Å². The molecule has 0 heterocycles. The summed E-state index contributed by atoms with van der Waals surface area (Å²) in [5.41, 5.74) is 0.980. The molecule has 1 fully saturated rings. The van der Waals surface area contributed by atoms with Crippen molar-refractivity contribution in [2.45, 2.75) is 44.3 Å². The maximum atomic E-state index is 2.39. The molecule has 0 nitrogen and oxygen atoms in total. The Morgan fingerprint density at radius 3 is 2.00 bits per heavy atom. The molecule has 0 radical (unpaired) electrons. The SMILES string of the molecule is CC1(C)CC(C)(C)C1Sc1ccccc1. The van der Waals surface area contributed by atoms with Gasteiger partial charge in [-0.2, -0.15) is 0 Å². The Morgan fingerprint density at radius 2 is 1.53 bits per heavy atom. The van der Waals surface area contributed by atoms with E-state index in [0.29, 0.717) is 10.8 Å². The second-order valence-electron chi connectivity index (χ2n) is 5.96. The first kappa shape index (κ1) is 11.1. The van der Waals surface area contributed by atoms with Crippen LogP contribution in [0.15, 0.2) is 35.2 Å². The second-order valence-corrected chi connectivity index (χ2v) is 7.14. The Bertz CT molecular complexity index is 324. The molecule has 1 aromatic rings. The topological polar surface area (TPSA) is 0 Å². The van der Waals surface area contributed by atoms with Gasteiger partial charge in [-0.15, -0.1) is 11.8 Å². The molecule has 0 saturated heterocycles. The molecule has 1 aromatic carbocycles. The molecule has 0 unspecified atom stereocenters. The van der Waals surface area contributed by atoms with Crippen LogP contribution in [0.1, 0.15) is 34.1 Å². The third kappa shape index (κ3) is 2.08. The van der Waals surface area contributed by atoms with Crippen molar-refractivity contribution in [2.24, 2.45) is 10.8 Å². The smallest absolute Gasteiger partial charge is 0.0197 e. The van der Waals surface area contributed by atoms with Crippen molar-refractivity contribution >= 4 is 11.8 Å². The minimum atomic E-state index is 0.490. The summed E-state index contributed by atoms with van der Waals surface area (Å²) in [7, 11) is 0. The molecule has 0 aliphatic heterocycles. The normalized spacial score (nSPS) is 23.5. The van der Waals surface area contributed by atoms with E-state index in [1.807, 2.05) is 11.8 Å². The summed E-state index contributed by atoms with van der Waals surface area (Å²) in [5, 5.41) is 0.743. The van der Waals surface area contributed by atoms with Crippen molar-refractivity contribution in [3.63, 3.8) is 0 Å². The van der Waals surface area contributed by atoms with Gasteiger partial charge in [-0.1, -0.05) is 45.9 Å². The van der Waals surface area contributed by atoms with Crippen LogP contribution < -0.4 is 0 Å². The lowest BCUT2D eigenvalue weighted by Gasteiger charge is -2.57. The Hall–Kier alpha value is -0.430. The lowest BCUT2D eigenvalue weighted by molar-refractivity contribution is 0.0340. The van der Waals surface area contributed by atoms with Crippen molar-refractivity contribution < 1.29 is 0 Å². The summed E-state index contributed by atoms with van der Waals surface area (Å²) in [6.07, 6.45) is 1.34. The summed E-state index contributed by atoms with van der Waals surface area (Å²) in [6.45, 7) is 9.55. The Kier molecular flexibility index (Phi) is 2.62. The molecule has 0 bridgehead atoms. The van der Waals surface area contributed by atoms with Crippen molar-refractivity contribution in [3.05, 3.63) is 30.3 Å². The van der Waals surface area contributed by atoms with Crippen LogP contribution in [0.4, 0.5) is 0 Å². The van der Waals surface area contributed by atoms with Gasteiger partial charge in [-0.25, -0.2) is 0 Å². The largest absolute Gasteiger partial charge is 0.122 e. The van der Waals surface area contributed by atoms with E-state index in [1.54, 1.807) is 0 Å². The zero-order chi connectivity index (χ0) is 11.1. The zero-order valence-electron chi connectivity index (χ0n) is 10.1. The highest BCUT2D eigenvalue weighted by Gasteiger charge is 2.53. The lowest BCUT2D eigenvalue weighted by Crippen LogP contribution is -2.52. The average molecular weight is 220 g/mol. The van der Waals surface area contributed by atoms with Gasteiger partial charge in [0.05, 0.1) is 0 Å². The van der Waals surface area contributed by atoms with Crippen LogP contribution in [0.2, 0.25) is 0 Å². The first-order valence-corrected chi connectivity index (χ1v) is 6.51. The third-order valence-electron chi connectivity index (χ3n) is 3.33. The van der Waals surface area contributed by atoms with Crippen molar-refractivity contribution in [1.29, 1.82) is 0 Å². The van der Waals surface area contributed by atoms with Crippen LogP contribution in [-0.4, -0.2) is 5.25 Å². The fraction of sp³-hybridized carbons (Fsp3) is 0.571. The van der Waals surface area contributed by atoms with E-state index in [0.717, 1.165) is 5.25 Å². The van der Waals surface area contributed by atoms with E-state index in [2.05, 4.69) is 58.0 Å². The van der Waals surface area contributed by atoms with Crippen LogP contribution in [0.3, 0.4) is 0 Å². The number of rotatable bonds is 2. The first-order valence-electron chi connectivity index (χ1n) is 5.63. The van der Waals surface area contributed by atoms with Crippen LogP contribution in [0, 0.1) is 10.8 Å². The molecular formula is C14H20S. The highest BCUT2D eigenvalue weighted by Crippen LogP contribution is 2.60. The predicted octanol–water partition coefficient (Wildman–Crippen LogP) is 4.60. The molecule has 0 N–H and O–H groups in total. The quantitative estimate of drug-likeness (QED) is 0.701. The molecule has 0 amide bonds. The molecular weight excluding hydrogens is 200 g/mol. The van der Waals surface area contributed by atoms with Crippen LogP contribution in [-0.2, 0) is 0 Å². The minimum absolute atomic E-state index is 0.490. The molecule has 2 rings (SSSR count). The fourth-order valence-corrected chi connectivity index (χ4v) is 4.63. The molecule has 1 aliphatic carbocycles. The van der Waals surface area contributed by atoms with E-state index in [-0.39, 0.29) is 0 Å². The van der Waals surface area contributed by atoms with Gasteiger partial charge in [-0.3, -0.25) is 0 Å². The summed E-state index contributed by atoms with van der Waals surface area (Å²) in [6, 6.07) is 10.8. The summed E-state index contributed by atoms with van der Waals surface area (Å²) < 4.78 is 0. The first-order chi connectivity index (χ1) is 6.92. The molecule has 82 valence electrons. The zero-order valence-corrected chi connectivity index (χ0v) is 10.9.